The van der Waals surface area contributed by atoms with E-state index < -0.39 is 16.9 Å². The number of piperazine rings is 1. The molecule has 0 bridgehead atoms. The molecule has 2 aliphatic heterocycles. The van der Waals surface area contributed by atoms with Crippen LogP contribution in [-0.2, 0) is 9.57 Å². The maximum absolute atomic E-state index is 12.5. The molecule has 2 aliphatic rings. The van der Waals surface area contributed by atoms with Gasteiger partial charge in [-0.15, -0.1) is 10.1 Å². The first-order chi connectivity index (χ1) is 14.9. The molecule has 2 heterocycles. The smallest absolute Gasteiger partial charge is 0.409 e. The van der Waals surface area contributed by atoms with Crippen LogP contribution in [0.1, 0.15) is 27.6 Å². The Labute approximate surface area is 178 Å². The molecule has 12 heteroatoms. The second kappa shape index (κ2) is 10.1. The number of rotatable bonds is 9. The summed E-state index contributed by atoms with van der Waals surface area (Å²) in [6.07, 6.45) is -0.297. The number of carbonyl (C=O) groups excluding carboxylic acids is 3. The van der Waals surface area contributed by atoms with Crippen molar-refractivity contribution in [2.75, 3.05) is 59.1 Å². The Morgan fingerprint density at radius 1 is 1.06 bits per heavy atom. The van der Waals surface area contributed by atoms with Crippen molar-refractivity contribution in [1.82, 2.24) is 14.7 Å². The van der Waals surface area contributed by atoms with E-state index in [1.54, 1.807) is 17.9 Å². The Morgan fingerprint density at radius 3 is 2.45 bits per heavy atom. The summed E-state index contributed by atoms with van der Waals surface area (Å²) in [5, 5.41) is 9.27. The van der Waals surface area contributed by atoms with Gasteiger partial charge in [0.05, 0.1) is 24.3 Å². The molecule has 31 heavy (non-hydrogen) atoms. The molecule has 0 atom stereocenters. The van der Waals surface area contributed by atoms with Crippen molar-refractivity contribution in [2.45, 2.75) is 6.92 Å². The highest BCUT2D eigenvalue weighted by Crippen LogP contribution is 2.26. The molecule has 1 fully saturated rings. The summed E-state index contributed by atoms with van der Waals surface area (Å²) < 4.78 is 10.7. The Bertz CT molecular complexity index is 853. The highest BCUT2D eigenvalue weighted by atomic mass is 16.9. The number of imide groups is 1. The van der Waals surface area contributed by atoms with Gasteiger partial charge in [-0.05, 0) is 25.1 Å². The van der Waals surface area contributed by atoms with Gasteiger partial charge in [0.25, 0.3) is 16.9 Å². The molecule has 0 aromatic heterocycles. The van der Waals surface area contributed by atoms with Gasteiger partial charge in [-0.1, -0.05) is 0 Å². The largest absolute Gasteiger partial charge is 0.492 e. The van der Waals surface area contributed by atoms with Crippen molar-refractivity contribution in [3.05, 3.63) is 39.4 Å². The van der Waals surface area contributed by atoms with E-state index in [0.29, 0.717) is 51.7 Å². The van der Waals surface area contributed by atoms with Gasteiger partial charge in [-0.25, -0.2) is 4.79 Å². The zero-order chi connectivity index (χ0) is 22.4. The lowest BCUT2D eigenvalue weighted by atomic mass is 10.1. The summed E-state index contributed by atoms with van der Waals surface area (Å²) in [4.78, 5) is 55.7. The van der Waals surface area contributed by atoms with E-state index >= 15 is 0 Å². The molecule has 1 saturated heterocycles. The number of carbonyl (C=O) groups is 3. The van der Waals surface area contributed by atoms with E-state index in [2.05, 4.69) is 9.74 Å². The fourth-order valence-corrected chi connectivity index (χ4v) is 3.43. The minimum atomic E-state index is -0.971. The number of fused-ring (bicyclic) bond motifs is 1. The zero-order valence-electron chi connectivity index (χ0n) is 17.2. The summed E-state index contributed by atoms with van der Waals surface area (Å²) in [5.74, 6) is -0.598. The molecule has 1 aromatic rings. The summed E-state index contributed by atoms with van der Waals surface area (Å²) in [7, 11) is 0. The molecule has 0 radical (unpaired) electrons. The quantitative estimate of drug-likeness (QED) is 0.311. The first-order valence-corrected chi connectivity index (χ1v) is 9.95. The summed E-state index contributed by atoms with van der Waals surface area (Å²) in [6, 6.07) is 4.62. The van der Waals surface area contributed by atoms with Crippen LogP contribution in [0.5, 0.6) is 5.75 Å². The topological polar surface area (TPSA) is 132 Å². The van der Waals surface area contributed by atoms with Gasteiger partial charge in [-0.3, -0.25) is 19.4 Å². The molecule has 0 saturated carbocycles. The van der Waals surface area contributed by atoms with Crippen LogP contribution in [0.25, 0.3) is 0 Å². The summed E-state index contributed by atoms with van der Waals surface area (Å²) >= 11 is 0. The number of amides is 3. The van der Waals surface area contributed by atoms with Crippen LogP contribution in [0, 0.1) is 10.1 Å². The first-order valence-electron chi connectivity index (χ1n) is 9.95. The van der Waals surface area contributed by atoms with Crippen molar-refractivity contribution >= 4 is 17.9 Å². The molecular weight excluding hydrogens is 412 g/mol. The molecule has 1 aromatic carbocycles. The van der Waals surface area contributed by atoms with Crippen LogP contribution in [0.15, 0.2) is 18.2 Å². The lowest BCUT2D eigenvalue weighted by molar-refractivity contribution is -0.757. The average molecular weight is 436 g/mol. The molecule has 0 spiro atoms. The predicted molar refractivity (Wildman–Crippen MR) is 105 cm³/mol. The minimum absolute atomic E-state index is 0.201. The Balaban J connectivity index is 1.47. The lowest BCUT2D eigenvalue weighted by Gasteiger charge is -2.33. The number of hydrogen-bond acceptors (Lipinski definition) is 9. The molecular formula is C19H24N4O8. The fourth-order valence-electron chi connectivity index (χ4n) is 3.43. The molecule has 168 valence electrons. The van der Waals surface area contributed by atoms with Crippen LogP contribution < -0.4 is 4.74 Å². The fraction of sp³-hybridized carbons (Fsp3) is 0.526. The highest BCUT2D eigenvalue weighted by molar-refractivity contribution is 6.21. The molecule has 3 amide bonds. The minimum Gasteiger partial charge on any atom is -0.492 e. The van der Waals surface area contributed by atoms with E-state index in [9.17, 15) is 24.5 Å². The summed E-state index contributed by atoms with van der Waals surface area (Å²) in [5.41, 5.74) is 0.431. The maximum atomic E-state index is 12.5. The number of hydrogen-bond donors (Lipinski definition) is 0. The number of nitrogens with zero attached hydrogens (tertiary/aromatic N) is 4. The van der Waals surface area contributed by atoms with Crippen molar-refractivity contribution < 1.29 is 33.8 Å². The Kier molecular flexibility index (Phi) is 7.23. The summed E-state index contributed by atoms with van der Waals surface area (Å²) in [6.45, 7) is 5.15. The normalized spacial score (nSPS) is 16.3. The maximum Gasteiger partial charge on any atom is 0.409 e. The second-order valence-corrected chi connectivity index (χ2v) is 6.90. The predicted octanol–water partition coefficient (Wildman–Crippen LogP) is 0.644. The van der Waals surface area contributed by atoms with E-state index in [-0.39, 0.29) is 30.4 Å². The molecule has 12 nitrogen and oxygen atoms in total. The van der Waals surface area contributed by atoms with Crippen molar-refractivity contribution in [3.8, 4) is 5.75 Å². The van der Waals surface area contributed by atoms with Gasteiger partial charge in [0.15, 0.2) is 0 Å². The van der Waals surface area contributed by atoms with E-state index in [1.807, 2.05) is 0 Å². The van der Waals surface area contributed by atoms with Crippen LogP contribution in [0.3, 0.4) is 0 Å². The van der Waals surface area contributed by atoms with Gasteiger partial charge in [-0.2, -0.15) is 0 Å². The van der Waals surface area contributed by atoms with Crippen molar-refractivity contribution in [1.29, 1.82) is 0 Å². The third kappa shape index (κ3) is 5.40. The first kappa shape index (κ1) is 22.3. The van der Waals surface area contributed by atoms with Crippen molar-refractivity contribution in [3.63, 3.8) is 0 Å². The number of ether oxygens (including phenoxy) is 2. The zero-order valence-corrected chi connectivity index (χ0v) is 17.2. The third-order valence-corrected chi connectivity index (χ3v) is 5.03. The van der Waals surface area contributed by atoms with Gasteiger partial charge in [0.2, 0.25) is 0 Å². The van der Waals surface area contributed by atoms with E-state index in [0.717, 1.165) is 4.90 Å². The van der Waals surface area contributed by atoms with Gasteiger partial charge in [0, 0.05) is 32.7 Å². The third-order valence-electron chi connectivity index (χ3n) is 5.03. The van der Waals surface area contributed by atoms with Gasteiger partial charge >= 0.3 is 6.09 Å². The monoisotopic (exact) mass is 436 g/mol. The highest BCUT2D eigenvalue weighted by Gasteiger charge is 2.35. The van der Waals surface area contributed by atoms with Gasteiger partial charge < -0.3 is 19.2 Å². The average Bonchev–Trinajstić information content (AvgIpc) is 2.98. The molecule has 0 N–H and O–H groups in total. The van der Waals surface area contributed by atoms with Crippen LogP contribution >= 0.6 is 0 Å². The number of benzene rings is 1. The molecule has 0 unspecified atom stereocenters. The lowest BCUT2D eigenvalue weighted by Crippen LogP contribution is -2.49. The van der Waals surface area contributed by atoms with Crippen LogP contribution in [-0.4, -0.2) is 96.8 Å². The molecule has 0 aliphatic carbocycles. The Hall–Kier alpha value is -3.41. The van der Waals surface area contributed by atoms with Crippen molar-refractivity contribution in [2.24, 2.45) is 0 Å². The SMILES string of the molecule is CCOC(=O)N1CCN(CCOc2ccc3c(c2)C(=O)N(CCO[N+](=O)[O-])C3=O)CC1. The standard InChI is InChI=1S/C19H24N4O8/c1-2-29-19(26)21-7-5-20(6-8-21)9-11-30-14-3-4-15-16(13-14)18(25)22(17(15)24)10-12-31-23(27)28/h3-4,13H,2,5-12H2,1H3. The van der Waals surface area contributed by atoms with Gasteiger partial charge in [0.1, 0.15) is 19.0 Å². The second-order valence-electron chi connectivity index (χ2n) is 6.90. The van der Waals surface area contributed by atoms with E-state index in [4.69, 9.17) is 9.47 Å². The Morgan fingerprint density at radius 2 is 1.77 bits per heavy atom. The van der Waals surface area contributed by atoms with E-state index in [1.165, 1.54) is 12.1 Å². The van der Waals surface area contributed by atoms with Crippen LogP contribution in [0.2, 0.25) is 0 Å². The van der Waals surface area contributed by atoms with Crippen LogP contribution in [0.4, 0.5) is 4.79 Å². The molecule has 3 rings (SSSR count).